The second-order valence-electron chi connectivity index (χ2n) is 2.43. The number of methoxy groups -OCH3 is 2. The summed E-state index contributed by atoms with van der Waals surface area (Å²) in [6.45, 7) is 0. The molecule has 0 aromatic carbocycles. The molecule has 1 aromatic rings. The molecule has 1 rings (SSSR count). The van der Waals surface area contributed by atoms with Crippen molar-refractivity contribution >= 4 is 11.8 Å². The van der Waals surface area contributed by atoms with E-state index in [0.717, 1.165) is 0 Å². The number of nitrogens with two attached hydrogens (primary N) is 1. The first kappa shape index (κ1) is 10.1. The number of esters is 1. The first-order chi connectivity index (χ1) is 6.60. The molecule has 0 aliphatic carbocycles. The molecule has 0 radical (unpaired) electrons. The molecule has 0 amide bonds. The van der Waals surface area contributed by atoms with Crippen molar-refractivity contribution in [2.45, 2.75) is 0 Å². The zero-order chi connectivity index (χ0) is 10.7. The highest BCUT2D eigenvalue weighted by Gasteiger charge is 2.18. The van der Waals surface area contributed by atoms with Crippen LogP contribution in [-0.2, 0) is 4.74 Å². The third kappa shape index (κ3) is 1.68. The van der Waals surface area contributed by atoms with E-state index in [4.69, 9.17) is 15.6 Å². The van der Waals surface area contributed by atoms with Crippen LogP contribution in [0.1, 0.15) is 10.4 Å². The van der Waals surface area contributed by atoms with Crippen LogP contribution >= 0.6 is 0 Å². The van der Waals surface area contributed by atoms with Gasteiger partial charge in [-0.25, -0.2) is 4.79 Å². The van der Waals surface area contributed by atoms with Crippen LogP contribution in [0.25, 0.3) is 0 Å². The third-order valence-electron chi connectivity index (χ3n) is 1.61. The number of aromatic hydroxyl groups is 1. The first-order valence-corrected chi connectivity index (χ1v) is 3.72. The lowest BCUT2D eigenvalue weighted by molar-refractivity contribution is 0.0598. The molecule has 0 unspecified atom stereocenters. The van der Waals surface area contributed by atoms with Crippen LogP contribution in [0.2, 0.25) is 0 Å². The Kier molecular flexibility index (Phi) is 2.76. The van der Waals surface area contributed by atoms with Gasteiger partial charge in [0.05, 0.1) is 14.2 Å². The maximum Gasteiger partial charge on any atom is 0.345 e. The number of carbonyl (C=O) groups is 1. The first-order valence-electron chi connectivity index (χ1n) is 3.72. The molecule has 0 saturated carbocycles. The van der Waals surface area contributed by atoms with Gasteiger partial charge in [-0.3, -0.25) is 0 Å². The van der Waals surface area contributed by atoms with E-state index in [2.05, 4.69) is 9.72 Å². The standard InChI is InChI=1S/C8H10N2O4/c1-13-4-3-5(11)10-7(9)6(4)8(12)14-2/h3H,1-2H3,(H3,9,10,11). The number of carbonyl (C=O) groups excluding carboxylic acids is 1. The van der Waals surface area contributed by atoms with Gasteiger partial charge >= 0.3 is 5.97 Å². The average molecular weight is 198 g/mol. The lowest BCUT2D eigenvalue weighted by Crippen LogP contribution is -2.09. The number of anilines is 1. The monoisotopic (exact) mass is 198 g/mol. The van der Waals surface area contributed by atoms with Gasteiger partial charge in [0.15, 0.2) is 0 Å². The van der Waals surface area contributed by atoms with Gasteiger partial charge in [-0.1, -0.05) is 0 Å². The summed E-state index contributed by atoms with van der Waals surface area (Å²) in [6, 6.07) is 1.18. The summed E-state index contributed by atoms with van der Waals surface area (Å²) in [4.78, 5) is 14.7. The Balaban J connectivity index is 3.32. The summed E-state index contributed by atoms with van der Waals surface area (Å²) >= 11 is 0. The smallest absolute Gasteiger partial charge is 0.345 e. The highest BCUT2D eigenvalue weighted by atomic mass is 16.5. The van der Waals surface area contributed by atoms with Crippen molar-refractivity contribution in [3.8, 4) is 11.6 Å². The minimum atomic E-state index is -0.660. The fourth-order valence-corrected chi connectivity index (χ4v) is 0.995. The summed E-state index contributed by atoms with van der Waals surface area (Å²) in [5.41, 5.74) is 5.43. The number of aromatic nitrogens is 1. The van der Waals surface area contributed by atoms with E-state index < -0.39 is 5.97 Å². The summed E-state index contributed by atoms with van der Waals surface area (Å²) in [6.07, 6.45) is 0. The largest absolute Gasteiger partial charge is 0.495 e. The Morgan fingerprint density at radius 2 is 2.21 bits per heavy atom. The minimum absolute atomic E-state index is 0.00722. The van der Waals surface area contributed by atoms with Gasteiger partial charge in [-0.15, -0.1) is 0 Å². The van der Waals surface area contributed by atoms with Gasteiger partial charge < -0.3 is 20.3 Å². The number of nitrogens with zero attached hydrogens (tertiary/aromatic N) is 1. The number of rotatable bonds is 2. The van der Waals surface area contributed by atoms with Crippen molar-refractivity contribution in [2.75, 3.05) is 20.0 Å². The molecule has 1 aromatic heterocycles. The quantitative estimate of drug-likeness (QED) is 0.657. The molecule has 14 heavy (non-hydrogen) atoms. The molecule has 6 heteroatoms. The predicted octanol–water partition coefficient (Wildman–Crippen LogP) is 0.165. The van der Waals surface area contributed by atoms with Gasteiger partial charge in [0.2, 0.25) is 5.88 Å². The Morgan fingerprint density at radius 1 is 1.57 bits per heavy atom. The summed E-state index contributed by atoms with van der Waals surface area (Å²) in [5, 5.41) is 9.08. The van der Waals surface area contributed by atoms with E-state index in [1.807, 2.05) is 0 Å². The molecule has 76 valence electrons. The normalized spacial score (nSPS) is 9.57. The van der Waals surface area contributed by atoms with E-state index >= 15 is 0 Å². The van der Waals surface area contributed by atoms with Gasteiger partial charge in [-0.05, 0) is 0 Å². The van der Waals surface area contributed by atoms with E-state index in [1.54, 1.807) is 0 Å². The summed E-state index contributed by atoms with van der Waals surface area (Å²) in [7, 11) is 2.56. The van der Waals surface area contributed by atoms with Crippen molar-refractivity contribution in [1.29, 1.82) is 0 Å². The SMILES string of the molecule is COC(=O)c1c(OC)cc(O)nc1N. The average Bonchev–Trinajstić information content (AvgIpc) is 2.15. The predicted molar refractivity (Wildman–Crippen MR) is 48.2 cm³/mol. The van der Waals surface area contributed by atoms with Crippen molar-refractivity contribution in [2.24, 2.45) is 0 Å². The van der Waals surface area contributed by atoms with Crippen LogP contribution in [0.15, 0.2) is 6.07 Å². The molecule has 6 nitrogen and oxygen atoms in total. The maximum absolute atomic E-state index is 11.2. The third-order valence-corrected chi connectivity index (χ3v) is 1.61. The van der Waals surface area contributed by atoms with E-state index in [9.17, 15) is 4.79 Å². The van der Waals surface area contributed by atoms with E-state index in [0.29, 0.717) is 0 Å². The van der Waals surface area contributed by atoms with Gasteiger partial charge in [-0.2, -0.15) is 4.98 Å². The lowest BCUT2D eigenvalue weighted by atomic mass is 10.2. The van der Waals surface area contributed by atoms with Crippen molar-refractivity contribution in [3.05, 3.63) is 11.6 Å². The van der Waals surface area contributed by atoms with E-state index in [1.165, 1.54) is 20.3 Å². The van der Waals surface area contributed by atoms with Crippen molar-refractivity contribution < 1.29 is 19.4 Å². The topological polar surface area (TPSA) is 94.7 Å². The number of ether oxygens (including phenoxy) is 2. The molecule has 1 heterocycles. The van der Waals surface area contributed by atoms with Crippen molar-refractivity contribution in [3.63, 3.8) is 0 Å². The minimum Gasteiger partial charge on any atom is -0.495 e. The molecule has 0 atom stereocenters. The number of hydrogen-bond acceptors (Lipinski definition) is 6. The van der Waals surface area contributed by atoms with Gasteiger partial charge in [0.1, 0.15) is 17.1 Å². The van der Waals surface area contributed by atoms with Crippen molar-refractivity contribution in [1.82, 2.24) is 4.98 Å². The molecule has 0 aliphatic rings. The fourth-order valence-electron chi connectivity index (χ4n) is 0.995. The maximum atomic E-state index is 11.2. The van der Waals surface area contributed by atoms with Crippen LogP contribution in [0.5, 0.6) is 11.6 Å². The van der Waals surface area contributed by atoms with Gasteiger partial charge in [0.25, 0.3) is 0 Å². The number of pyridine rings is 1. The second kappa shape index (κ2) is 3.82. The molecule has 0 bridgehead atoms. The van der Waals surface area contributed by atoms with Crippen LogP contribution < -0.4 is 10.5 Å². The fraction of sp³-hybridized carbons (Fsp3) is 0.250. The zero-order valence-corrected chi connectivity index (χ0v) is 7.77. The zero-order valence-electron chi connectivity index (χ0n) is 7.77. The van der Waals surface area contributed by atoms with Crippen LogP contribution in [-0.4, -0.2) is 30.3 Å². The Bertz CT molecular complexity index is 365. The van der Waals surface area contributed by atoms with Gasteiger partial charge in [0, 0.05) is 6.07 Å². The van der Waals surface area contributed by atoms with E-state index in [-0.39, 0.29) is 23.0 Å². The molecule has 0 saturated heterocycles. The summed E-state index contributed by atoms with van der Waals surface area (Å²) in [5.74, 6) is -0.977. The van der Waals surface area contributed by atoms with Crippen LogP contribution in [0.4, 0.5) is 5.82 Å². The molecule has 3 N–H and O–H groups in total. The highest BCUT2D eigenvalue weighted by molar-refractivity contribution is 5.97. The molecular weight excluding hydrogens is 188 g/mol. The molecule has 0 fully saturated rings. The Morgan fingerprint density at radius 3 is 2.71 bits per heavy atom. The Labute approximate surface area is 80.3 Å². The number of hydrogen-bond donors (Lipinski definition) is 2. The lowest BCUT2D eigenvalue weighted by Gasteiger charge is -2.08. The van der Waals surface area contributed by atoms with Crippen LogP contribution in [0, 0.1) is 0 Å². The summed E-state index contributed by atoms with van der Waals surface area (Å²) < 4.78 is 9.33. The molecule has 0 spiro atoms. The van der Waals surface area contributed by atoms with Crippen LogP contribution in [0.3, 0.4) is 0 Å². The second-order valence-corrected chi connectivity index (χ2v) is 2.43. The molecular formula is C8H10N2O4. The Hall–Kier alpha value is -1.98. The highest BCUT2D eigenvalue weighted by Crippen LogP contribution is 2.27. The molecule has 0 aliphatic heterocycles. The number of nitrogen functional groups attached to an aromatic ring is 1.